The molecule has 0 aliphatic heterocycles. The number of alkyl halides is 2. The number of hydrogen-bond acceptors (Lipinski definition) is 5. The summed E-state index contributed by atoms with van der Waals surface area (Å²) in [6.45, 7) is -2.14. The molecule has 21 heavy (non-hydrogen) atoms. The maximum absolute atomic E-state index is 13.0. The van der Waals surface area contributed by atoms with Crippen molar-refractivity contribution in [2.45, 2.75) is 10.8 Å². The summed E-state index contributed by atoms with van der Waals surface area (Å²) in [5.74, 6) is -4.20. The number of nitrogens with one attached hydrogen (secondary N) is 1. The van der Waals surface area contributed by atoms with Crippen LogP contribution in [0.3, 0.4) is 0 Å². The van der Waals surface area contributed by atoms with Gasteiger partial charge in [0.1, 0.15) is 5.75 Å². The van der Waals surface area contributed by atoms with Crippen molar-refractivity contribution in [3.8, 4) is 5.75 Å². The van der Waals surface area contributed by atoms with Crippen LogP contribution in [0, 0.1) is 0 Å². The zero-order valence-electron chi connectivity index (χ0n) is 11.1. The molecule has 0 bridgehead atoms. The number of carbonyl (C=O) groups excluding carboxylic acids is 1. The van der Waals surface area contributed by atoms with Crippen LogP contribution in [-0.2, 0) is 10.0 Å². The molecule has 1 amide bonds. The minimum absolute atomic E-state index is 0.0775. The van der Waals surface area contributed by atoms with E-state index in [-0.39, 0.29) is 16.2 Å². The number of methoxy groups -OCH3 is 1. The van der Waals surface area contributed by atoms with Crippen LogP contribution in [-0.4, -0.2) is 40.4 Å². The normalized spacial score (nSPS) is 12.2. The number of primary amides is 1. The van der Waals surface area contributed by atoms with Gasteiger partial charge in [0.2, 0.25) is 10.0 Å². The van der Waals surface area contributed by atoms with Crippen molar-refractivity contribution in [1.29, 1.82) is 0 Å². The molecule has 0 aliphatic carbocycles. The number of nitrogens with two attached hydrogens (primary N) is 2. The lowest BCUT2D eigenvalue weighted by atomic mass is 10.2. The van der Waals surface area contributed by atoms with E-state index in [1.54, 1.807) is 4.72 Å². The van der Waals surface area contributed by atoms with Crippen LogP contribution in [0.5, 0.6) is 5.75 Å². The Morgan fingerprint density at radius 1 is 1.43 bits per heavy atom. The van der Waals surface area contributed by atoms with Crippen LogP contribution in [0.1, 0.15) is 10.4 Å². The SMILES string of the molecule is COc1ccc(S(=O)(=O)NCC(F)(F)CN)cc1C(N)=O. The molecule has 0 saturated heterocycles. The van der Waals surface area contributed by atoms with Gasteiger partial charge in [0.15, 0.2) is 0 Å². The molecular weight excluding hydrogens is 308 g/mol. The van der Waals surface area contributed by atoms with Crippen LogP contribution in [0.25, 0.3) is 0 Å². The zero-order chi connectivity index (χ0) is 16.3. The molecule has 0 radical (unpaired) electrons. The first kappa shape index (κ1) is 17.3. The first-order valence-electron chi connectivity index (χ1n) is 5.68. The second-order valence-electron chi connectivity index (χ2n) is 4.11. The molecule has 10 heteroatoms. The molecule has 7 nitrogen and oxygen atoms in total. The molecule has 0 fully saturated rings. The topological polar surface area (TPSA) is 125 Å². The molecule has 1 aromatic carbocycles. The molecule has 118 valence electrons. The van der Waals surface area contributed by atoms with Crippen molar-refractivity contribution in [1.82, 2.24) is 4.72 Å². The summed E-state index contributed by atoms with van der Waals surface area (Å²) in [5, 5.41) is 0. The highest BCUT2D eigenvalue weighted by Crippen LogP contribution is 2.22. The summed E-state index contributed by atoms with van der Waals surface area (Å²) in [6, 6.07) is 3.26. The standard InChI is InChI=1S/C11H15F2N3O4S/c1-20-9-3-2-7(4-8(9)10(15)17)21(18,19)16-6-11(12,13)5-14/h2-4,16H,5-6,14H2,1H3,(H2,15,17). The summed E-state index contributed by atoms with van der Waals surface area (Å²) in [6.07, 6.45) is 0. The molecule has 5 N–H and O–H groups in total. The first-order chi connectivity index (χ1) is 9.63. The highest BCUT2D eigenvalue weighted by Gasteiger charge is 2.29. The fourth-order valence-corrected chi connectivity index (χ4v) is 2.49. The number of hydrogen-bond donors (Lipinski definition) is 3. The molecule has 1 rings (SSSR count). The van der Waals surface area contributed by atoms with E-state index in [1.165, 1.54) is 13.2 Å². The molecule has 0 unspecified atom stereocenters. The number of sulfonamides is 1. The highest BCUT2D eigenvalue weighted by atomic mass is 32.2. The molecule has 0 aliphatic rings. The van der Waals surface area contributed by atoms with Gasteiger partial charge in [-0.15, -0.1) is 0 Å². The van der Waals surface area contributed by atoms with Crippen LogP contribution in [0.4, 0.5) is 8.78 Å². The summed E-state index contributed by atoms with van der Waals surface area (Å²) < 4.78 is 56.3. The number of halogens is 2. The van der Waals surface area contributed by atoms with Crippen LogP contribution >= 0.6 is 0 Å². The second-order valence-corrected chi connectivity index (χ2v) is 5.88. The Hall–Kier alpha value is -1.78. The lowest BCUT2D eigenvalue weighted by Crippen LogP contribution is -2.41. The van der Waals surface area contributed by atoms with E-state index in [0.29, 0.717) is 0 Å². The fraction of sp³-hybridized carbons (Fsp3) is 0.364. The molecule has 0 aromatic heterocycles. The zero-order valence-corrected chi connectivity index (χ0v) is 11.9. The van der Waals surface area contributed by atoms with Gasteiger partial charge < -0.3 is 16.2 Å². The molecule has 0 spiro atoms. The lowest BCUT2D eigenvalue weighted by molar-refractivity contribution is 0.0170. The number of benzene rings is 1. The van der Waals surface area contributed by atoms with Crippen molar-refractivity contribution in [2.75, 3.05) is 20.2 Å². The van der Waals surface area contributed by atoms with E-state index in [2.05, 4.69) is 0 Å². The molecule has 0 atom stereocenters. The van der Waals surface area contributed by atoms with Gasteiger partial charge in [-0.2, -0.15) is 0 Å². The summed E-state index contributed by atoms with van der Waals surface area (Å²) in [7, 11) is -2.96. The molecule has 1 aromatic rings. The smallest absolute Gasteiger partial charge is 0.273 e. The van der Waals surface area contributed by atoms with Gasteiger partial charge in [-0.3, -0.25) is 4.79 Å². The third-order valence-corrected chi connectivity index (χ3v) is 3.97. The Balaban J connectivity index is 3.09. The van der Waals surface area contributed by atoms with Crippen LogP contribution in [0.15, 0.2) is 23.1 Å². The predicted octanol–water partition coefficient (Wildman–Crippen LogP) is -0.334. The maximum atomic E-state index is 13.0. The average Bonchev–Trinajstić information content (AvgIpc) is 2.44. The van der Waals surface area contributed by atoms with Gasteiger partial charge in [0, 0.05) is 0 Å². The van der Waals surface area contributed by atoms with Crippen molar-refractivity contribution >= 4 is 15.9 Å². The quantitative estimate of drug-likeness (QED) is 0.633. The Labute approximate surface area is 120 Å². The number of carbonyl (C=O) groups is 1. The lowest BCUT2D eigenvalue weighted by Gasteiger charge is -2.15. The van der Waals surface area contributed by atoms with Crippen molar-refractivity contribution in [3.05, 3.63) is 23.8 Å². The minimum Gasteiger partial charge on any atom is -0.496 e. The third kappa shape index (κ3) is 4.34. The largest absolute Gasteiger partial charge is 0.496 e. The summed E-state index contributed by atoms with van der Waals surface area (Å²) in [4.78, 5) is 10.8. The van der Waals surface area contributed by atoms with E-state index >= 15 is 0 Å². The molecular formula is C11H15F2N3O4S. The second kappa shape index (κ2) is 6.33. The van der Waals surface area contributed by atoms with E-state index in [1.807, 2.05) is 0 Å². The monoisotopic (exact) mass is 323 g/mol. The fourth-order valence-electron chi connectivity index (χ4n) is 1.40. The average molecular weight is 323 g/mol. The maximum Gasteiger partial charge on any atom is 0.273 e. The van der Waals surface area contributed by atoms with Gasteiger partial charge >= 0.3 is 0 Å². The Morgan fingerprint density at radius 3 is 2.52 bits per heavy atom. The highest BCUT2D eigenvalue weighted by molar-refractivity contribution is 7.89. The van der Waals surface area contributed by atoms with E-state index in [0.717, 1.165) is 12.1 Å². The third-order valence-electron chi connectivity index (χ3n) is 2.57. The summed E-state index contributed by atoms with van der Waals surface area (Å²) >= 11 is 0. The number of rotatable bonds is 7. The van der Waals surface area contributed by atoms with Gasteiger partial charge in [0.05, 0.1) is 30.7 Å². The molecule has 0 heterocycles. The van der Waals surface area contributed by atoms with Gasteiger partial charge in [-0.25, -0.2) is 21.9 Å². The van der Waals surface area contributed by atoms with E-state index in [9.17, 15) is 22.0 Å². The van der Waals surface area contributed by atoms with Gasteiger partial charge in [-0.05, 0) is 18.2 Å². The predicted molar refractivity (Wildman–Crippen MR) is 70.7 cm³/mol. The Kier molecular flexibility index (Phi) is 5.20. The van der Waals surface area contributed by atoms with E-state index < -0.39 is 34.9 Å². The van der Waals surface area contributed by atoms with Crippen LogP contribution in [0.2, 0.25) is 0 Å². The Bertz CT molecular complexity index is 634. The number of ether oxygens (including phenoxy) is 1. The van der Waals surface area contributed by atoms with Crippen LogP contribution < -0.4 is 20.9 Å². The molecule has 0 saturated carbocycles. The van der Waals surface area contributed by atoms with E-state index in [4.69, 9.17) is 16.2 Å². The van der Waals surface area contributed by atoms with Crippen molar-refractivity contribution in [2.24, 2.45) is 11.5 Å². The van der Waals surface area contributed by atoms with Gasteiger partial charge in [0.25, 0.3) is 11.8 Å². The first-order valence-corrected chi connectivity index (χ1v) is 7.16. The van der Waals surface area contributed by atoms with Crippen molar-refractivity contribution in [3.63, 3.8) is 0 Å². The Morgan fingerprint density at radius 2 is 2.05 bits per heavy atom. The summed E-state index contributed by atoms with van der Waals surface area (Å²) in [5.41, 5.74) is 9.73. The number of amides is 1. The van der Waals surface area contributed by atoms with Crippen molar-refractivity contribution < 1.29 is 26.7 Å². The minimum atomic E-state index is -4.23. The van der Waals surface area contributed by atoms with Gasteiger partial charge in [-0.1, -0.05) is 0 Å².